The second kappa shape index (κ2) is 7.26. The fourth-order valence-electron chi connectivity index (χ4n) is 2.54. The van der Waals surface area contributed by atoms with Crippen LogP contribution in [0.15, 0.2) is 48.8 Å². The Morgan fingerprint density at radius 1 is 1.17 bits per heavy atom. The molecule has 0 amide bonds. The van der Waals surface area contributed by atoms with Gasteiger partial charge in [0.2, 0.25) is 0 Å². The molecule has 3 rings (SSSR count). The Balaban J connectivity index is 1.66. The fourth-order valence-corrected chi connectivity index (χ4v) is 2.54. The van der Waals surface area contributed by atoms with Crippen LogP contribution in [0.1, 0.15) is 16.8 Å². The van der Waals surface area contributed by atoms with Gasteiger partial charge >= 0.3 is 0 Å². The summed E-state index contributed by atoms with van der Waals surface area (Å²) in [5.41, 5.74) is 4.36. The summed E-state index contributed by atoms with van der Waals surface area (Å²) in [5.74, 6) is 0.808. The van der Waals surface area contributed by atoms with Crippen molar-refractivity contribution in [2.24, 2.45) is 0 Å². The van der Waals surface area contributed by atoms with Crippen LogP contribution in [0.4, 0.5) is 0 Å². The maximum absolute atomic E-state index is 8.89. The summed E-state index contributed by atoms with van der Waals surface area (Å²) in [4.78, 5) is 4.41. The van der Waals surface area contributed by atoms with Crippen molar-refractivity contribution >= 4 is 5.65 Å². The predicted molar refractivity (Wildman–Crippen MR) is 89.5 cm³/mol. The lowest BCUT2D eigenvalue weighted by Gasteiger charge is -2.11. The van der Waals surface area contributed by atoms with Gasteiger partial charge < -0.3 is 19.6 Å². The summed E-state index contributed by atoms with van der Waals surface area (Å²) < 4.78 is 7.66. The first-order valence-electron chi connectivity index (χ1n) is 7.73. The van der Waals surface area contributed by atoms with E-state index in [9.17, 15) is 0 Å². The van der Waals surface area contributed by atoms with E-state index in [1.54, 1.807) is 0 Å². The van der Waals surface area contributed by atoms with Gasteiger partial charge in [-0.1, -0.05) is 24.3 Å². The van der Waals surface area contributed by atoms with Crippen LogP contribution in [0.25, 0.3) is 5.65 Å². The smallest absolute Gasteiger partial charge is 0.136 e. The standard InChI is InChI=1S/C18H21N3O2/c1-14-6-7-18-20-12-16(21(18)13-14)11-19-10-15-4-2-3-5-17(15)23-9-8-22/h2-7,12-13,19,22H,8-11H2,1H3. The third-order valence-electron chi connectivity index (χ3n) is 3.67. The highest BCUT2D eigenvalue weighted by molar-refractivity contribution is 5.41. The number of imidazole rings is 1. The molecule has 0 aliphatic heterocycles. The molecule has 0 fully saturated rings. The van der Waals surface area contributed by atoms with Crippen molar-refractivity contribution in [1.29, 1.82) is 0 Å². The van der Waals surface area contributed by atoms with E-state index in [1.165, 1.54) is 5.56 Å². The van der Waals surface area contributed by atoms with Crippen LogP contribution in [-0.2, 0) is 13.1 Å². The Kier molecular flexibility index (Phi) is 4.90. The van der Waals surface area contributed by atoms with E-state index >= 15 is 0 Å². The molecule has 0 unspecified atom stereocenters. The van der Waals surface area contributed by atoms with Gasteiger partial charge in [-0.05, 0) is 24.6 Å². The Labute approximate surface area is 135 Å². The van der Waals surface area contributed by atoms with E-state index in [0.29, 0.717) is 13.2 Å². The van der Waals surface area contributed by atoms with Crippen LogP contribution >= 0.6 is 0 Å². The number of hydrogen-bond acceptors (Lipinski definition) is 4. The maximum atomic E-state index is 8.89. The maximum Gasteiger partial charge on any atom is 0.136 e. The molecule has 2 aromatic heterocycles. The van der Waals surface area contributed by atoms with E-state index in [4.69, 9.17) is 9.84 Å². The second-order valence-corrected chi connectivity index (χ2v) is 5.47. The number of rotatable bonds is 7. The molecule has 120 valence electrons. The van der Waals surface area contributed by atoms with Crippen molar-refractivity contribution in [3.05, 3.63) is 65.6 Å². The summed E-state index contributed by atoms with van der Waals surface area (Å²) in [5, 5.41) is 12.3. The van der Waals surface area contributed by atoms with Gasteiger partial charge in [0.15, 0.2) is 0 Å². The van der Waals surface area contributed by atoms with E-state index < -0.39 is 0 Å². The first-order valence-corrected chi connectivity index (χ1v) is 7.73. The fraction of sp³-hybridized carbons (Fsp3) is 0.278. The number of benzene rings is 1. The molecule has 1 aromatic carbocycles. The summed E-state index contributed by atoms with van der Waals surface area (Å²) in [6.45, 7) is 3.82. The lowest BCUT2D eigenvalue weighted by molar-refractivity contribution is 0.200. The molecule has 0 radical (unpaired) electrons. The van der Waals surface area contributed by atoms with Gasteiger partial charge in [0, 0.05) is 24.8 Å². The number of aliphatic hydroxyl groups excluding tert-OH is 1. The van der Waals surface area contributed by atoms with Crippen LogP contribution in [0.3, 0.4) is 0 Å². The number of nitrogens with zero attached hydrogens (tertiary/aromatic N) is 2. The van der Waals surface area contributed by atoms with Gasteiger partial charge in [0.05, 0.1) is 18.5 Å². The third-order valence-corrected chi connectivity index (χ3v) is 3.67. The lowest BCUT2D eigenvalue weighted by atomic mass is 10.2. The van der Waals surface area contributed by atoms with Gasteiger partial charge in [0.1, 0.15) is 18.0 Å². The quantitative estimate of drug-likeness (QED) is 0.703. The van der Waals surface area contributed by atoms with Crippen molar-refractivity contribution in [2.75, 3.05) is 13.2 Å². The summed E-state index contributed by atoms with van der Waals surface area (Å²) in [6, 6.07) is 12.0. The average Bonchev–Trinajstić information content (AvgIpc) is 2.96. The number of aliphatic hydroxyl groups is 1. The summed E-state index contributed by atoms with van der Waals surface area (Å²) >= 11 is 0. The molecular formula is C18H21N3O2. The molecule has 0 saturated carbocycles. The Morgan fingerprint density at radius 3 is 2.91 bits per heavy atom. The van der Waals surface area contributed by atoms with E-state index in [-0.39, 0.29) is 6.61 Å². The number of fused-ring (bicyclic) bond motifs is 1. The van der Waals surface area contributed by atoms with Crippen LogP contribution in [0.2, 0.25) is 0 Å². The number of aromatic nitrogens is 2. The van der Waals surface area contributed by atoms with Crippen molar-refractivity contribution in [3.8, 4) is 5.75 Å². The van der Waals surface area contributed by atoms with Gasteiger partial charge in [-0.3, -0.25) is 0 Å². The van der Waals surface area contributed by atoms with Crippen molar-refractivity contribution in [2.45, 2.75) is 20.0 Å². The van der Waals surface area contributed by atoms with Gasteiger partial charge in [-0.25, -0.2) is 4.98 Å². The number of ether oxygens (including phenoxy) is 1. The minimum absolute atomic E-state index is 0.0168. The molecule has 3 aromatic rings. The second-order valence-electron chi connectivity index (χ2n) is 5.47. The Hall–Kier alpha value is -2.37. The van der Waals surface area contributed by atoms with E-state index in [2.05, 4.69) is 33.9 Å². The highest BCUT2D eigenvalue weighted by atomic mass is 16.5. The van der Waals surface area contributed by atoms with Crippen molar-refractivity contribution in [1.82, 2.24) is 14.7 Å². The topological polar surface area (TPSA) is 58.8 Å². The lowest BCUT2D eigenvalue weighted by Crippen LogP contribution is -2.15. The first kappa shape index (κ1) is 15.5. The van der Waals surface area contributed by atoms with E-state index in [0.717, 1.165) is 29.2 Å². The molecule has 5 nitrogen and oxygen atoms in total. The predicted octanol–water partition coefficient (Wildman–Crippen LogP) is 2.30. The monoisotopic (exact) mass is 311 g/mol. The highest BCUT2D eigenvalue weighted by Gasteiger charge is 2.05. The molecule has 0 bridgehead atoms. The van der Waals surface area contributed by atoms with Crippen molar-refractivity contribution in [3.63, 3.8) is 0 Å². The molecule has 5 heteroatoms. The molecule has 23 heavy (non-hydrogen) atoms. The largest absolute Gasteiger partial charge is 0.491 e. The molecular weight excluding hydrogens is 290 g/mol. The van der Waals surface area contributed by atoms with Gasteiger partial charge in [0.25, 0.3) is 0 Å². The molecule has 2 heterocycles. The van der Waals surface area contributed by atoms with Gasteiger partial charge in [-0.15, -0.1) is 0 Å². The van der Waals surface area contributed by atoms with Gasteiger partial charge in [-0.2, -0.15) is 0 Å². The van der Waals surface area contributed by atoms with Crippen LogP contribution < -0.4 is 10.1 Å². The molecule has 0 spiro atoms. The zero-order valence-electron chi connectivity index (χ0n) is 13.2. The molecule has 2 N–H and O–H groups in total. The number of pyridine rings is 1. The Morgan fingerprint density at radius 2 is 2.04 bits per heavy atom. The zero-order chi connectivity index (χ0) is 16.1. The van der Waals surface area contributed by atoms with Crippen LogP contribution in [-0.4, -0.2) is 27.7 Å². The minimum Gasteiger partial charge on any atom is -0.491 e. The normalized spacial score (nSPS) is 11.0. The third kappa shape index (κ3) is 3.70. The number of hydrogen-bond donors (Lipinski definition) is 2. The van der Waals surface area contributed by atoms with E-state index in [1.807, 2.05) is 36.5 Å². The summed E-state index contributed by atoms with van der Waals surface area (Å²) in [6.07, 6.45) is 3.99. The molecule has 0 aliphatic rings. The summed E-state index contributed by atoms with van der Waals surface area (Å²) in [7, 11) is 0. The number of aryl methyl sites for hydroxylation is 1. The SMILES string of the molecule is Cc1ccc2ncc(CNCc3ccccc3OCCO)n2c1. The molecule has 0 atom stereocenters. The number of nitrogens with one attached hydrogen (secondary N) is 1. The van der Waals surface area contributed by atoms with Crippen LogP contribution in [0.5, 0.6) is 5.75 Å². The van der Waals surface area contributed by atoms with Crippen LogP contribution in [0, 0.1) is 6.92 Å². The Bertz CT molecular complexity index is 783. The molecule has 0 saturated heterocycles. The number of para-hydroxylation sites is 1. The zero-order valence-corrected chi connectivity index (χ0v) is 13.2. The van der Waals surface area contributed by atoms with Crippen molar-refractivity contribution < 1.29 is 9.84 Å². The highest BCUT2D eigenvalue weighted by Crippen LogP contribution is 2.18. The molecule has 0 aliphatic carbocycles. The minimum atomic E-state index is 0.0168. The average molecular weight is 311 g/mol. The first-order chi connectivity index (χ1) is 11.3.